The van der Waals surface area contributed by atoms with Crippen molar-refractivity contribution < 1.29 is 4.74 Å². The molecular weight excluding hydrogens is 1800 g/mol. The molecule has 15 aliphatic rings. The van der Waals surface area contributed by atoms with Crippen LogP contribution in [0.25, 0.3) is 0 Å². The first-order valence-electron chi connectivity index (χ1n) is 59.9. The van der Waals surface area contributed by atoms with Gasteiger partial charge in [-0.05, 0) is 399 Å². The Labute approximate surface area is 905 Å². The molecule has 0 bridgehead atoms. The van der Waals surface area contributed by atoms with Gasteiger partial charge in [-0.3, -0.25) is 20.4 Å². The smallest absolute Gasteiger partial charge is 0.188 e. The standard InChI is InChI=1S/2C10H21N3.C10H19N.5C10H21N.2C9H19N.C8H17NO.2C6H13N3.C5H11N/c1-10(2,3)6-7-4-8(5-7)13-9(11)12;1-10(2,3)5-4-8-6-13(7-8)9(11)12;1-9(2,3)8-4-10(5-8)6-11-7-10;3*1-10(2,3)5-4-8-6-9(11)7-8;2*1-10(2,3)6-4-5-9-7-11-8-9;1-9(2,3)6-7-4-8(10)5-7;1-9(2,3)5-4-8-6-10-7-8;1-8(2,3)6-10-7-4-9-5-7;2*1-4-2-5(3-4)9-6(7)8;1-4-2-5(6)3-4/h7-8H,4-6H2,1-3H3,(H4,11,12,13);8H,4-7H2,1-3H3,(H3,11,12);8,11H,4-7H2,1-3H3;3*8-9H,4-7,11H2,1-3H3;2*9,11H,4-8H2,1-3H3;7-8H,4-6,10H2,1-3H3;8,10H,4-7H2,1-3H3;7,9H,4-6H2,1-3H3;2*4-5H,2-3H2,1H3,(H4,7,8,9);4-5H,2-3,6H2,1H3. The van der Waals surface area contributed by atoms with Gasteiger partial charge in [0.25, 0.3) is 0 Å². The van der Waals surface area contributed by atoms with E-state index in [0.717, 1.165) is 154 Å². The van der Waals surface area contributed by atoms with Gasteiger partial charge >= 0.3 is 0 Å². The van der Waals surface area contributed by atoms with Crippen LogP contribution in [0.1, 0.15) is 480 Å². The fourth-order valence-corrected chi connectivity index (χ4v) is 21.0. The summed E-state index contributed by atoms with van der Waals surface area (Å²) in [4.78, 5) is 14.1. The summed E-state index contributed by atoms with van der Waals surface area (Å²) < 4.78 is 5.58. The highest BCUT2D eigenvalue weighted by Gasteiger charge is 2.52. The average molecular weight is 2060 g/mol. The van der Waals surface area contributed by atoms with Gasteiger partial charge in [0.15, 0.2) is 23.8 Å². The molecule has 30 N–H and O–H groups in total. The minimum Gasteiger partial charge on any atom is -0.375 e. The van der Waals surface area contributed by atoms with Gasteiger partial charge in [-0.15, -0.1) is 0 Å². The molecule has 0 unspecified atom stereocenters. The number of hydrogen-bond acceptors (Lipinski definition) is 15. The number of nitrogens with one attached hydrogen (secondary N) is 6. The van der Waals surface area contributed by atoms with Crippen LogP contribution in [0, 0.1) is 147 Å². The van der Waals surface area contributed by atoms with E-state index >= 15 is 0 Å². The zero-order valence-corrected chi connectivity index (χ0v) is 103. The van der Waals surface area contributed by atoms with Gasteiger partial charge in [-0.25, -0.2) is 0 Å². The Kier molecular flexibility index (Phi) is 61.7. The summed E-state index contributed by atoms with van der Waals surface area (Å²) in [7, 11) is 0. The van der Waals surface area contributed by atoms with Crippen LogP contribution in [0.5, 0.6) is 0 Å². The van der Waals surface area contributed by atoms with E-state index in [0.29, 0.717) is 114 Å². The zero-order chi connectivity index (χ0) is 112. The highest BCUT2D eigenvalue weighted by Crippen LogP contribution is 2.55. The molecule has 146 heavy (non-hydrogen) atoms. The van der Waals surface area contributed by atoms with E-state index in [9.17, 15) is 0 Å². The van der Waals surface area contributed by atoms with Crippen LogP contribution in [0.4, 0.5) is 0 Å². The molecule has 0 amide bonds. The largest absolute Gasteiger partial charge is 0.375 e. The summed E-state index contributed by atoms with van der Waals surface area (Å²) in [5.74, 6) is 12.8. The van der Waals surface area contributed by atoms with Crippen LogP contribution in [0.3, 0.4) is 0 Å². The third-order valence-corrected chi connectivity index (χ3v) is 31.8. The van der Waals surface area contributed by atoms with Gasteiger partial charge in [0.05, 0.1) is 30.8 Å². The van der Waals surface area contributed by atoms with Crippen LogP contribution < -0.4 is 95.4 Å². The normalized spacial score (nSPS) is 27.6. The van der Waals surface area contributed by atoms with Crippen molar-refractivity contribution in [3.05, 3.63) is 0 Å². The number of nitrogens with zero attached hydrogens (tertiary/aromatic N) is 4. The van der Waals surface area contributed by atoms with Crippen molar-refractivity contribution in [2.45, 2.75) is 535 Å². The molecule has 23 heteroatoms. The van der Waals surface area contributed by atoms with Crippen molar-refractivity contribution in [3.8, 4) is 0 Å². The highest BCUT2D eigenvalue weighted by molar-refractivity contribution is 5.77. The van der Waals surface area contributed by atoms with Crippen molar-refractivity contribution >= 4 is 23.8 Å². The maximum absolute atomic E-state index is 7.20. The molecule has 15 fully saturated rings. The van der Waals surface area contributed by atoms with Crippen LogP contribution in [0.2, 0.25) is 0 Å². The summed E-state index contributed by atoms with van der Waals surface area (Å²) in [5.41, 5.74) is 71.1. The predicted molar refractivity (Wildman–Crippen MR) is 641 cm³/mol. The molecule has 0 atom stereocenters. The van der Waals surface area contributed by atoms with E-state index < -0.39 is 0 Å². The van der Waals surface area contributed by atoms with Gasteiger partial charge in [0.1, 0.15) is 0 Å². The Morgan fingerprint density at radius 2 is 0.548 bits per heavy atom. The van der Waals surface area contributed by atoms with Gasteiger partial charge in [0, 0.05) is 69.5 Å². The highest BCUT2D eigenvalue weighted by atomic mass is 16.5. The fourth-order valence-electron chi connectivity index (χ4n) is 21.0. The summed E-state index contributed by atoms with van der Waals surface area (Å²) in [6.07, 6.45) is 47.6. The van der Waals surface area contributed by atoms with Crippen LogP contribution in [-0.2, 0) is 4.74 Å². The quantitative estimate of drug-likeness (QED) is 0.0334. The summed E-state index contributed by atoms with van der Waals surface area (Å²) in [6, 6.07) is 3.89. The second-order valence-corrected chi connectivity index (χ2v) is 63.2. The number of hydrogen-bond donors (Lipinski definition) is 18. The van der Waals surface area contributed by atoms with Gasteiger partial charge < -0.3 is 105 Å². The monoisotopic (exact) mass is 2060 g/mol. The third kappa shape index (κ3) is 73.9. The van der Waals surface area contributed by atoms with Crippen LogP contribution in [-0.4, -0.2) is 168 Å². The van der Waals surface area contributed by atoms with Crippen molar-refractivity contribution in [2.75, 3.05) is 85.1 Å². The van der Waals surface area contributed by atoms with E-state index in [1.54, 1.807) is 0 Å². The molecular formula is C123H258N22O. The number of aliphatic imine (C=N–C) groups is 3. The molecule has 15 rings (SSSR count). The summed E-state index contributed by atoms with van der Waals surface area (Å²) in [6.45, 7) is 97.7. The number of likely N-dealkylation sites (tertiary alicyclic amines) is 1. The SMILES string of the molecule is CC(C)(C)C1CC2(CNC2)C1.CC(C)(C)CC1CC(N)C1.CC(C)(C)CC1CC(N=C(N)N)C1.CC(C)(C)CCC1CC(N)C1.CC(C)(C)CCC1CC(N)C1.CC(C)(C)CCC1CC(N)C1.CC(C)(C)CCC1CN(C(=N)N)C1.CC(C)(C)CCC1CNC1.CC(C)(C)CCCC1CNC1.CC(C)(C)CCCC1CNC1.CC(C)(C)COC1CNC1.CC1CC(N)C1.CC1CC(N=C(N)N)C1.CC1CC(N=C(N)N)C1. The molecule has 23 nitrogen and oxygen atoms in total. The van der Waals surface area contributed by atoms with Crippen LogP contribution in [0.15, 0.2) is 15.0 Å². The van der Waals surface area contributed by atoms with E-state index in [-0.39, 0.29) is 23.8 Å². The molecule has 6 heterocycles. The van der Waals surface area contributed by atoms with Gasteiger partial charge in [-0.1, -0.05) is 262 Å². The lowest BCUT2D eigenvalue weighted by Crippen LogP contribution is -2.61. The second-order valence-electron chi connectivity index (χ2n) is 63.2. The van der Waals surface area contributed by atoms with Crippen molar-refractivity contribution in [3.63, 3.8) is 0 Å². The first-order chi connectivity index (χ1) is 66.6. The molecule has 866 valence electrons. The second kappa shape index (κ2) is 65.0. The average Bonchev–Trinajstić information content (AvgIpc) is 0.744. The van der Waals surface area contributed by atoms with Crippen molar-refractivity contribution in [1.29, 1.82) is 5.41 Å². The summed E-state index contributed by atoms with van der Waals surface area (Å²) in [5, 5.41) is 23.7. The number of nitrogens with two attached hydrogens (primary N) is 12. The fraction of sp³-hybridized carbons (Fsp3) is 0.967. The molecule has 0 aromatic carbocycles. The number of ether oxygens (including phenoxy) is 1. The van der Waals surface area contributed by atoms with E-state index in [2.05, 4.69) is 291 Å². The Bertz CT molecular complexity index is 3240. The van der Waals surface area contributed by atoms with E-state index in [4.69, 9.17) is 79.0 Å². The van der Waals surface area contributed by atoms with E-state index in [1.165, 1.54) is 245 Å². The first kappa shape index (κ1) is 139. The Morgan fingerprint density at radius 3 is 0.747 bits per heavy atom. The number of rotatable bonds is 23. The summed E-state index contributed by atoms with van der Waals surface area (Å²) >= 11 is 0. The minimum atomic E-state index is 0.229. The minimum absolute atomic E-state index is 0.229. The Balaban J connectivity index is 0.000000532. The topological polar surface area (TPSA) is 446 Å². The van der Waals surface area contributed by atoms with Gasteiger partial charge in [0.2, 0.25) is 0 Å². The maximum atomic E-state index is 7.20. The molecule has 6 aliphatic heterocycles. The van der Waals surface area contributed by atoms with Crippen molar-refractivity contribution in [2.24, 2.45) is 226 Å². The lowest BCUT2D eigenvalue weighted by Gasteiger charge is -2.58. The molecule has 6 saturated heterocycles. The van der Waals surface area contributed by atoms with Crippen molar-refractivity contribution in [1.82, 2.24) is 31.5 Å². The first-order valence-corrected chi connectivity index (χ1v) is 59.9. The molecule has 0 aromatic rings. The Hall–Kier alpha value is -3.36. The third-order valence-electron chi connectivity index (χ3n) is 31.8. The lowest BCUT2D eigenvalue weighted by molar-refractivity contribution is -0.0503. The van der Waals surface area contributed by atoms with Gasteiger partial charge in [-0.2, -0.15) is 0 Å². The molecule has 0 radical (unpaired) electrons. The molecule has 1 spiro atoms. The van der Waals surface area contributed by atoms with E-state index in [1.807, 2.05) is 4.90 Å². The molecule has 9 saturated carbocycles. The molecule has 0 aromatic heterocycles. The Morgan fingerprint density at radius 1 is 0.295 bits per heavy atom. The number of guanidine groups is 4. The zero-order valence-electron chi connectivity index (χ0n) is 103. The predicted octanol–water partition coefficient (Wildman–Crippen LogP) is 23.7. The molecule has 9 aliphatic carbocycles. The maximum Gasteiger partial charge on any atom is 0.188 e. The van der Waals surface area contributed by atoms with Crippen LogP contribution >= 0.6 is 0 Å². The lowest BCUT2D eigenvalue weighted by atomic mass is 9.52.